The first kappa shape index (κ1) is 19.9. The molecule has 28 heavy (non-hydrogen) atoms. The van der Waals surface area contributed by atoms with Gasteiger partial charge in [-0.05, 0) is 46.9 Å². The maximum absolute atomic E-state index is 12.6. The van der Waals surface area contributed by atoms with Gasteiger partial charge in [0.15, 0.2) is 0 Å². The van der Waals surface area contributed by atoms with Crippen LogP contribution >= 0.6 is 0 Å². The van der Waals surface area contributed by atoms with E-state index in [0.717, 1.165) is 11.1 Å². The third-order valence-electron chi connectivity index (χ3n) is 4.49. The summed E-state index contributed by atoms with van der Waals surface area (Å²) in [7, 11) is -3.66. The summed E-state index contributed by atoms with van der Waals surface area (Å²) < 4.78 is 29.4. The number of hydrogen-bond acceptors (Lipinski definition) is 3. The van der Waals surface area contributed by atoms with Gasteiger partial charge in [0.25, 0.3) is 15.6 Å². The van der Waals surface area contributed by atoms with E-state index in [9.17, 15) is 13.2 Å². The second-order valence-corrected chi connectivity index (χ2v) is 9.43. The van der Waals surface area contributed by atoms with E-state index in [2.05, 4.69) is 25.5 Å². The number of pyridine rings is 1. The minimum absolute atomic E-state index is 0.0354. The average molecular weight is 397 g/mol. The van der Waals surface area contributed by atoms with Crippen molar-refractivity contribution in [3.05, 3.63) is 94.4 Å². The highest BCUT2D eigenvalue weighted by Gasteiger charge is 2.17. The molecule has 0 amide bonds. The monoisotopic (exact) mass is 396 g/mol. The summed E-state index contributed by atoms with van der Waals surface area (Å²) in [5, 5.41) is 0. The molecule has 2 aromatic carbocycles. The van der Waals surface area contributed by atoms with Crippen molar-refractivity contribution in [2.75, 3.05) is 4.72 Å². The van der Waals surface area contributed by atoms with Crippen molar-refractivity contribution in [2.45, 2.75) is 37.6 Å². The van der Waals surface area contributed by atoms with Gasteiger partial charge in [0.05, 0.1) is 11.4 Å². The predicted octanol–water partition coefficient (Wildman–Crippen LogP) is 3.99. The number of anilines is 1. The molecule has 0 bridgehead atoms. The minimum Gasteiger partial charge on any atom is -0.311 e. The summed E-state index contributed by atoms with van der Waals surface area (Å²) >= 11 is 0. The van der Waals surface area contributed by atoms with Gasteiger partial charge in [-0.15, -0.1) is 0 Å². The van der Waals surface area contributed by atoms with E-state index in [0.29, 0.717) is 12.2 Å². The van der Waals surface area contributed by atoms with Crippen molar-refractivity contribution in [3.8, 4) is 0 Å². The zero-order valence-electron chi connectivity index (χ0n) is 16.2. The third kappa shape index (κ3) is 4.70. The third-order valence-corrected chi connectivity index (χ3v) is 5.89. The number of nitrogens with zero attached hydrogens (tertiary/aromatic N) is 1. The van der Waals surface area contributed by atoms with Crippen LogP contribution in [0.1, 0.15) is 31.9 Å². The molecule has 0 atom stereocenters. The van der Waals surface area contributed by atoms with Crippen LogP contribution in [0, 0.1) is 0 Å². The first-order valence-electron chi connectivity index (χ1n) is 9.03. The van der Waals surface area contributed by atoms with Gasteiger partial charge in [-0.25, -0.2) is 8.42 Å². The molecule has 0 aliphatic carbocycles. The molecule has 1 heterocycles. The Hall–Kier alpha value is -2.86. The Bertz CT molecular complexity index is 1110. The smallest absolute Gasteiger partial charge is 0.261 e. The zero-order valence-corrected chi connectivity index (χ0v) is 17.0. The topological polar surface area (TPSA) is 68.2 Å². The van der Waals surface area contributed by atoms with Crippen LogP contribution in [0.5, 0.6) is 0 Å². The Morgan fingerprint density at radius 2 is 1.54 bits per heavy atom. The second-order valence-electron chi connectivity index (χ2n) is 7.74. The average Bonchev–Trinajstić information content (AvgIpc) is 2.64. The standard InChI is InChI=1S/C22H24N2O3S/c1-22(2,3)18-9-13-20(14-10-18)28(26,27)23-19-11-7-17(8-12-19)16-24-15-5-4-6-21(24)25/h4-15,23H,16H2,1-3H3. The van der Waals surface area contributed by atoms with E-state index in [1.807, 2.05) is 12.1 Å². The fourth-order valence-electron chi connectivity index (χ4n) is 2.81. The molecule has 0 aliphatic heterocycles. The summed E-state index contributed by atoms with van der Waals surface area (Å²) in [6, 6.07) is 18.9. The number of nitrogens with one attached hydrogen (secondary N) is 1. The Balaban J connectivity index is 1.74. The van der Waals surface area contributed by atoms with Crippen molar-refractivity contribution >= 4 is 15.7 Å². The van der Waals surface area contributed by atoms with Crippen molar-refractivity contribution in [3.63, 3.8) is 0 Å². The van der Waals surface area contributed by atoms with Gasteiger partial charge in [0.1, 0.15) is 0 Å². The molecular weight excluding hydrogens is 372 g/mol. The van der Waals surface area contributed by atoms with Crippen LogP contribution < -0.4 is 10.3 Å². The Morgan fingerprint density at radius 1 is 0.893 bits per heavy atom. The van der Waals surface area contributed by atoms with Gasteiger partial charge in [-0.2, -0.15) is 0 Å². The summed E-state index contributed by atoms with van der Waals surface area (Å²) in [5.74, 6) is 0. The molecular formula is C22H24N2O3S. The Morgan fingerprint density at radius 3 is 2.11 bits per heavy atom. The van der Waals surface area contributed by atoms with Crippen molar-refractivity contribution in [1.82, 2.24) is 4.57 Å². The van der Waals surface area contributed by atoms with Gasteiger partial charge in [0.2, 0.25) is 0 Å². The normalized spacial score (nSPS) is 12.0. The van der Waals surface area contributed by atoms with Gasteiger partial charge in [-0.1, -0.05) is 51.1 Å². The lowest BCUT2D eigenvalue weighted by molar-refractivity contribution is 0.587. The fourth-order valence-corrected chi connectivity index (χ4v) is 3.87. The molecule has 3 aromatic rings. The Kier molecular flexibility index (Phi) is 5.42. The molecule has 5 nitrogen and oxygen atoms in total. The van der Waals surface area contributed by atoms with Crippen LogP contribution in [-0.2, 0) is 22.0 Å². The van der Waals surface area contributed by atoms with Crippen molar-refractivity contribution in [1.29, 1.82) is 0 Å². The van der Waals surface area contributed by atoms with Crippen LogP contribution in [0.4, 0.5) is 5.69 Å². The highest BCUT2D eigenvalue weighted by molar-refractivity contribution is 7.92. The quantitative estimate of drug-likeness (QED) is 0.709. The van der Waals surface area contributed by atoms with Gasteiger partial charge in [0, 0.05) is 18.0 Å². The molecule has 1 N–H and O–H groups in total. The lowest BCUT2D eigenvalue weighted by atomic mass is 9.87. The molecule has 0 fully saturated rings. The first-order valence-corrected chi connectivity index (χ1v) is 10.5. The largest absolute Gasteiger partial charge is 0.311 e. The van der Waals surface area contributed by atoms with Crippen LogP contribution in [-0.4, -0.2) is 13.0 Å². The molecule has 0 aliphatic rings. The number of aromatic nitrogens is 1. The molecule has 1 aromatic heterocycles. The fraction of sp³-hybridized carbons (Fsp3) is 0.227. The highest BCUT2D eigenvalue weighted by atomic mass is 32.2. The summed E-state index contributed by atoms with van der Waals surface area (Å²) in [5.41, 5.74) is 2.35. The van der Waals surface area contributed by atoms with Gasteiger partial charge >= 0.3 is 0 Å². The summed E-state index contributed by atoms with van der Waals surface area (Å²) in [6.45, 7) is 6.68. The van der Waals surface area contributed by atoms with Crippen molar-refractivity contribution in [2.24, 2.45) is 0 Å². The summed E-state index contributed by atoms with van der Waals surface area (Å²) in [6.07, 6.45) is 1.72. The maximum atomic E-state index is 12.6. The van der Waals surface area contributed by atoms with Crippen LogP contribution in [0.25, 0.3) is 0 Å². The molecule has 0 saturated carbocycles. The van der Waals surface area contributed by atoms with Gasteiger partial charge < -0.3 is 4.57 Å². The summed E-state index contributed by atoms with van der Waals surface area (Å²) in [4.78, 5) is 12.0. The number of hydrogen-bond donors (Lipinski definition) is 1. The SMILES string of the molecule is CC(C)(C)c1ccc(S(=O)(=O)Nc2ccc(Cn3ccccc3=O)cc2)cc1. The van der Waals surface area contributed by atoms with Gasteiger partial charge in [-0.3, -0.25) is 9.52 Å². The number of rotatable bonds is 5. The molecule has 0 radical (unpaired) electrons. The van der Waals surface area contributed by atoms with Crippen LogP contribution in [0.2, 0.25) is 0 Å². The number of sulfonamides is 1. The predicted molar refractivity (Wildman–Crippen MR) is 112 cm³/mol. The van der Waals surface area contributed by atoms with E-state index in [1.165, 1.54) is 6.07 Å². The van der Waals surface area contributed by atoms with Crippen LogP contribution in [0.15, 0.2) is 82.6 Å². The molecule has 3 rings (SSSR count). The van der Waals surface area contributed by atoms with E-state index in [4.69, 9.17) is 0 Å². The zero-order chi connectivity index (χ0) is 20.4. The molecule has 0 unspecified atom stereocenters. The van der Waals surface area contributed by atoms with E-state index < -0.39 is 10.0 Å². The highest BCUT2D eigenvalue weighted by Crippen LogP contribution is 2.24. The lowest BCUT2D eigenvalue weighted by Gasteiger charge is -2.19. The Labute approximate surface area is 165 Å². The molecule has 6 heteroatoms. The van der Waals surface area contributed by atoms with Crippen LogP contribution in [0.3, 0.4) is 0 Å². The molecule has 0 spiro atoms. The van der Waals surface area contributed by atoms with E-state index in [1.54, 1.807) is 59.3 Å². The maximum Gasteiger partial charge on any atom is 0.261 e. The van der Waals surface area contributed by atoms with E-state index >= 15 is 0 Å². The minimum atomic E-state index is -3.66. The molecule has 146 valence electrons. The van der Waals surface area contributed by atoms with E-state index in [-0.39, 0.29) is 15.9 Å². The first-order chi connectivity index (χ1) is 13.1. The molecule has 0 saturated heterocycles. The second kappa shape index (κ2) is 7.64. The number of benzene rings is 2. The van der Waals surface area contributed by atoms with Crippen molar-refractivity contribution < 1.29 is 8.42 Å². The lowest BCUT2D eigenvalue weighted by Crippen LogP contribution is -2.18.